The predicted molar refractivity (Wildman–Crippen MR) is 445 cm³/mol. The zero-order valence-electron chi connectivity index (χ0n) is 60.5. The number of oxime groups is 1. The second-order valence-corrected chi connectivity index (χ2v) is 32.6. The van der Waals surface area contributed by atoms with E-state index in [0.29, 0.717) is 34.5 Å². The number of para-hydroxylation sites is 2. The van der Waals surface area contributed by atoms with Gasteiger partial charge in [0.2, 0.25) is 16.2 Å². The molecule has 3 amide bonds. The topological polar surface area (TPSA) is 272 Å². The number of piperidine rings is 1. The molecule has 3 N–H and O–H groups in total. The number of anilines is 2. The lowest BCUT2D eigenvalue weighted by Gasteiger charge is -2.30. The van der Waals surface area contributed by atoms with Crippen LogP contribution in [0.2, 0.25) is 0 Å². The average Bonchev–Trinajstić information content (AvgIpc) is 1.66. The van der Waals surface area contributed by atoms with E-state index in [1.54, 1.807) is 65.2 Å². The Kier molecular flexibility index (Phi) is 24.0. The fourth-order valence-corrected chi connectivity index (χ4v) is 18.2. The number of hydrazone groups is 1. The Hall–Kier alpha value is -10.4. The fraction of sp³-hybridized carbons (Fsp3) is 0.291. The number of carbonyl (C=O) groups is 3. The van der Waals surface area contributed by atoms with Crippen LogP contribution in [0, 0.1) is 32.1 Å². The second kappa shape index (κ2) is 34.0. The first-order chi connectivity index (χ1) is 52.3. The highest BCUT2D eigenvalue weighted by Gasteiger charge is 2.39. The van der Waals surface area contributed by atoms with Crippen LogP contribution < -0.4 is 32.3 Å². The number of amidine groups is 4. The predicted octanol–water partition coefficient (Wildman–Crippen LogP) is 13.5. The van der Waals surface area contributed by atoms with Crippen LogP contribution >= 0.6 is 69.3 Å². The number of amides is 3. The van der Waals surface area contributed by atoms with Crippen molar-refractivity contribution in [2.45, 2.75) is 110 Å². The van der Waals surface area contributed by atoms with E-state index in [4.69, 9.17) is 15.2 Å². The Labute approximate surface area is 654 Å². The van der Waals surface area contributed by atoms with Gasteiger partial charge < -0.3 is 29.8 Å². The van der Waals surface area contributed by atoms with Crippen molar-refractivity contribution in [1.29, 1.82) is 5.41 Å². The lowest BCUT2D eigenvalue weighted by molar-refractivity contribution is -0.125. The van der Waals surface area contributed by atoms with Crippen molar-refractivity contribution in [3.8, 4) is 5.69 Å². The van der Waals surface area contributed by atoms with E-state index in [9.17, 15) is 24.0 Å². The van der Waals surface area contributed by atoms with Crippen LogP contribution in [0.1, 0.15) is 104 Å². The van der Waals surface area contributed by atoms with E-state index in [1.807, 2.05) is 129 Å². The molecule has 13 heterocycles. The molecule has 7 aliphatic rings. The molecule has 1 atom stereocenters. The molecule has 17 rings (SSSR count). The number of aliphatic imine (C=N–C) groups is 2. The first-order valence-corrected chi connectivity index (χ1v) is 40.6. The number of hydrogen-bond acceptors (Lipinski definition) is 22. The highest BCUT2D eigenvalue weighted by atomic mass is 32.2. The molecule has 0 aliphatic carbocycles. The summed E-state index contributed by atoms with van der Waals surface area (Å²) in [6.07, 6.45) is 12.8. The lowest BCUT2D eigenvalue weighted by atomic mass is 10.00. The smallest absolute Gasteiger partial charge is 0.295 e. The number of thiophene rings is 1. The molecule has 109 heavy (non-hydrogen) atoms. The molecule has 6 aromatic heterocycles. The van der Waals surface area contributed by atoms with E-state index < -0.39 is 6.10 Å². The van der Waals surface area contributed by atoms with E-state index in [-0.39, 0.29) is 53.4 Å². The molecule has 2 fully saturated rings. The summed E-state index contributed by atoms with van der Waals surface area (Å²) in [6.45, 7) is 21.7. The van der Waals surface area contributed by atoms with Crippen LogP contribution in [0.15, 0.2) is 195 Å². The monoisotopic (exact) mass is 1570 g/mol. The highest BCUT2D eigenvalue weighted by Crippen LogP contribution is 2.36. The number of aryl methyl sites for hydroxylation is 4. The van der Waals surface area contributed by atoms with Crippen molar-refractivity contribution < 1.29 is 19.2 Å². The van der Waals surface area contributed by atoms with Gasteiger partial charge in [0, 0.05) is 97.4 Å². The Morgan fingerprint density at radius 2 is 1.58 bits per heavy atom. The summed E-state index contributed by atoms with van der Waals surface area (Å²) in [5.41, 5.74) is 11.1. The standard InChI is InChI=1S/C22H25N5O3.C21H17N5OS4.C20H20N6OS.C15H16N2OS.CH4/c1-5-26-12-14(2)17(13-26)18-11-19(30-24-18)21(28)23-20-15(3)25(4)27(22(20)29)16-9-7-6-8-10-16;1-3-18-25-26-19(27)10-14(23-20(26)31-18)11-29-21-24-15-7-6-13(9-17(15)30-21)22-12(2)16-5-4-8-28-16;1-12-6-8-25(9-7-12)20-24-26-17(21)15(18(27)23-19(26)28-20)10-13-11-22-16-5-3-2-4-14(13)16;1-11-5-4-6-12(9-11)10-13-14(18)16-15(19-13)17-7-2-3-8-17;/h6-10,12-13,19H,5,11H2,1-4H3,(H,23,28);4-10,22H,2-3,11H2,1H3;2-5,10,12,21H,6-9,11H2,1H3;4-6,9-10H,2-3,7-8H2,1H3;1H4/b;;15-10+,21-17?;13-10+;. The molecule has 10 aromatic rings. The van der Waals surface area contributed by atoms with Crippen molar-refractivity contribution in [3.05, 3.63) is 231 Å². The number of likely N-dealkylation sites (tertiary alicyclic amines) is 2. The summed E-state index contributed by atoms with van der Waals surface area (Å²) in [4.78, 5) is 97.2. The van der Waals surface area contributed by atoms with Gasteiger partial charge in [0.15, 0.2) is 20.5 Å². The average molecular weight is 1570 g/mol. The number of benzene rings is 4. The van der Waals surface area contributed by atoms with Gasteiger partial charge >= 0.3 is 0 Å². The maximum absolute atomic E-state index is 13.0. The van der Waals surface area contributed by atoms with Gasteiger partial charge in [-0.3, -0.25) is 39.1 Å². The van der Waals surface area contributed by atoms with Gasteiger partial charge in [0.05, 0.1) is 55.4 Å². The Bertz CT molecular complexity index is 5650. The van der Waals surface area contributed by atoms with Gasteiger partial charge in [0.1, 0.15) is 10.7 Å². The molecule has 0 saturated carbocycles. The quantitative estimate of drug-likeness (QED) is 0.0674. The van der Waals surface area contributed by atoms with Crippen molar-refractivity contribution in [1.82, 2.24) is 48.3 Å². The first kappa shape index (κ1) is 76.8. The van der Waals surface area contributed by atoms with Crippen molar-refractivity contribution in [3.63, 3.8) is 0 Å². The maximum atomic E-state index is 13.0. The van der Waals surface area contributed by atoms with E-state index in [1.165, 1.54) is 67.5 Å². The highest BCUT2D eigenvalue weighted by molar-refractivity contribution is 8.26. The normalized spacial score (nSPS) is 17.3. The summed E-state index contributed by atoms with van der Waals surface area (Å²) in [5.74, 6) is 0.532. The largest absolute Gasteiger partial charge is 0.382 e. The number of thiazole rings is 1. The number of nitrogens with one attached hydrogen (secondary N) is 3. The van der Waals surface area contributed by atoms with Crippen LogP contribution in [0.3, 0.4) is 0 Å². The molecule has 1 unspecified atom stereocenters. The lowest BCUT2D eigenvalue weighted by Crippen LogP contribution is -2.36. The number of hydrogen-bond donors (Lipinski definition) is 3. The van der Waals surface area contributed by atoms with Crippen molar-refractivity contribution in [2.75, 3.05) is 43.4 Å². The Morgan fingerprint density at radius 3 is 2.33 bits per heavy atom. The number of thioether (sulfide) groups is 3. The number of carbonyl (C=O) groups excluding carboxylic acids is 3. The van der Waals surface area contributed by atoms with Gasteiger partial charge in [-0.2, -0.15) is 24.6 Å². The van der Waals surface area contributed by atoms with Crippen LogP contribution in [-0.4, -0.2) is 132 Å². The molecular formula is C79H82N18O6S6. The third kappa shape index (κ3) is 17.4. The van der Waals surface area contributed by atoms with Crippen LogP contribution in [0.5, 0.6) is 0 Å². The maximum Gasteiger partial charge on any atom is 0.295 e. The summed E-state index contributed by atoms with van der Waals surface area (Å²) >= 11 is 9.23. The molecular weight excluding hydrogens is 1490 g/mol. The molecule has 0 bridgehead atoms. The second-order valence-electron chi connectivity index (χ2n) is 26.5. The van der Waals surface area contributed by atoms with Gasteiger partial charge in [0.25, 0.3) is 28.8 Å². The molecule has 560 valence electrons. The van der Waals surface area contributed by atoms with Gasteiger partial charge in [-0.25, -0.2) is 14.6 Å². The van der Waals surface area contributed by atoms with Crippen LogP contribution in [-0.2, 0) is 45.0 Å². The minimum Gasteiger partial charge on any atom is -0.382 e. The third-order valence-electron chi connectivity index (χ3n) is 18.8. The van der Waals surface area contributed by atoms with Crippen molar-refractivity contribution in [2.24, 2.45) is 38.2 Å². The van der Waals surface area contributed by atoms with Gasteiger partial charge in [-0.05, 0) is 166 Å². The Balaban J connectivity index is 0.000000129. The molecule has 24 nitrogen and oxygen atoms in total. The Morgan fingerprint density at radius 1 is 0.807 bits per heavy atom. The SMILES string of the molecule is C.C=C(Nc1ccc2nc(SCc3cc(=O)n4nc(CC)sc4n3)sc2c1)c1cccs1.CC1CCN(C2=NN3C(=N)/C(=C\C4=c5ccccc5=NC4)C(=O)N=C3S2)CC1.CCn1cc(C)c(C2=NOC(C(=O)Nc3c(C)n(C)n(-c4ccccc4)c3=O)C2)c1.Cc1cccc(/C=C2/SC(N3CCCC3)=NC2=O)c1. The van der Waals surface area contributed by atoms with Crippen LogP contribution in [0.25, 0.3) is 38.2 Å². The zero-order valence-corrected chi connectivity index (χ0v) is 65.4. The minimum atomic E-state index is -0.770. The summed E-state index contributed by atoms with van der Waals surface area (Å²) < 4.78 is 8.75. The summed E-state index contributed by atoms with van der Waals surface area (Å²) in [7, 11) is 1.79. The van der Waals surface area contributed by atoms with Crippen molar-refractivity contribution >= 4 is 158 Å². The van der Waals surface area contributed by atoms with Crippen LogP contribution in [0.4, 0.5) is 11.4 Å². The minimum absolute atomic E-state index is 0. The molecule has 2 saturated heterocycles. The number of fused-ring (bicyclic) bond motifs is 4. The summed E-state index contributed by atoms with van der Waals surface area (Å²) in [5, 5.41) is 36.3. The summed E-state index contributed by atoms with van der Waals surface area (Å²) in [6, 6.07) is 37.0. The fourth-order valence-electron chi connectivity index (χ4n) is 12.8. The number of aromatic nitrogens is 7. The van der Waals surface area contributed by atoms with E-state index >= 15 is 0 Å². The third-order valence-corrected chi connectivity index (χ3v) is 25.0. The molecule has 0 radical (unpaired) electrons. The molecule has 4 aromatic carbocycles. The van der Waals surface area contributed by atoms with E-state index in [2.05, 4.69) is 106 Å². The van der Waals surface area contributed by atoms with E-state index in [0.717, 1.165) is 159 Å². The molecule has 0 spiro atoms. The molecule has 30 heteroatoms. The first-order valence-electron chi connectivity index (χ1n) is 35.5. The number of nitrogens with zero attached hydrogens (tertiary/aromatic N) is 15. The van der Waals surface area contributed by atoms with Gasteiger partial charge in [-0.1, -0.05) is 128 Å². The van der Waals surface area contributed by atoms with Gasteiger partial charge in [-0.15, -0.1) is 27.8 Å². The zero-order chi connectivity index (χ0) is 75.3. The molecule has 7 aliphatic heterocycles. The number of rotatable bonds is 14.